The van der Waals surface area contributed by atoms with E-state index < -0.39 is 0 Å². The van der Waals surface area contributed by atoms with Gasteiger partial charge in [0, 0.05) is 19.1 Å². The lowest BCUT2D eigenvalue weighted by molar-refractivity contribution is -0.120. The maximum absolute atomic E-state index is 11.6. The van der Waals surface area contributed by atoms with Gasteiger partial charge in [-0.2, -0.15) is 0 Å². The third-order valence-electron chi connectivity index (χ3n) is 3.47. The molecule has 4 heteroatoms. The molecule has 1 saturated heterocycles. The predicted molar refractivity (Wildman–Crippen MR) is 80.2 cm³/mol. The minimum absolute atomic E-state index is 0.123. The molecule has 0 aromatic carbocycles. The summed E-state index contributed by atoms with van der Waals surface area (Å²) >= 11 is 0. The number of nitrogens with zero attached hydrogens (tertiary/aromatic N) is 1. The Labute approximate surface area is 118 Å². The van der Waals surface area contributed by atoms with Crippen LogP contribution in [-0.4, -0.2) is 49.6 Å². The summed E-state index contributed by atoms with van der Waals surface area (Å²) in [5, 5.41) is 6.32. The number of amides is 1. The summed E-state index contributed by atoms with van der Waals surface area (Å²) < 4.78 is 0. The van der Waals surface area contributed by atoms with Crippen LogP contribution in [0.15, 0.2) is 0 Å². The van der Waals surface area contributed by atoms with Crippen LogP contribution in [0.25, 0.3) is 0 Å². The van der Waals surface area contributed by atoms with Crippen molar-refractivity contribution in [3.8, 4) is 0 Å². The number of piperidine rings is 1. The summed E-state index contributed by atoms with van der Waals surface area (Å²) in [6, 6.07) is 0.508. The zero-order valence-electron chi connectivity index (χ0n) is 13.0. The van der Waals surface area contributed by atoms with Gasteiger partial charge in [0.2, 0.25) is 5.91 Å². The smallest absolute Gasteiger partial charge is 0.233 e. The molecule has 19 heavy (non-hydrogen) atoms. The van der Waals surface area contributed by atoms with Gasteiger partial charge in [0.05, 0.1) is 6.54 Å². The van der Waals surface area contributed by atoms with Gasteiger partial charge in [-0.15, -0.1) is 0 Å². The molecule has 2 N–H and O–H groups in total. The Hall–Kier alpha value is -0.610. The molecule has 1 heterocycles. The number of carbonyl (C=O) groups excluding carboxylic acids is 1. The number of rotatable bonds is 7. The van der Waals surface area contributed by atoms with Crippen LogP contribution in [0.5, 0.6) is 0 Å². The Morgan fingerprint density at radius 3 is 2.32 bits per heavy atom. The lowest BCUT2D eigenvalue weighted by Crippen LogP contribution is -2.46. The van der Waals surface area contributed by atoms with Crippen LogP contribution in [0.3, 0.4) is 0 Å². The van der Waals surface area contributed by atoms with Gasteiger partial charge >= 0.3 is 0 Å². The van der Waals surface area contributed by atoms with E-state index in [1.807, 2.05) is 0 Å². The minimum Gasteiger partial charge on any atom is -0.355 e. The van der Waals surface area contributed by atoms with Crippen molar-refractivity contribution in [1.29, 1.82) is 0 Å². The highest BCUT2D eigenvalue weighted by Crippen LogP contribution is 2.11. The average Bonchev–Trinajstić information content (AvgIpc) is 2.35. The van der Waals surface area contributed by atoms with Gasteiger partial charge in [0.1, 0.15) is 0 Å². The maximum Gasteiger partial charge on any atom is 0.233 e. The van der Waals surface area contributed by atoms with E-state index in [4.69, 9.17) is 0 Å². The standard InChI is InChI=1S/C15H31N3O/c1-12(2)9-17-15(19)10-16-14-5-7-18(8-6-14)11-13(3)4/h12-14,16H,5-11H2,1-4H3,(H,17,19). The molecule has 0 aromatic heterocycles. The molecule has 0 aliphatic carbocycles. The molecule has 112 valence electrons. The second-order valence-electron chi connectivity index (χ2n) is 6.55. The first-order valence-electron chi connectivity index (χ1n) is 7.69. The van der Waals surface area contributed by atoms with E-state index in [1.54, 1.807) is 0 Å². The number of hydrogen-bond donors (Lipinski definition) is 2. The monoisotopic (exact) mass is 269 g/mol. The molecule has 1 aliphatic rings. The van der Waals surface area contributed by atoms with Crippen molar-refractivity contribution < 1.29 is 4.79 Å². The van der Waals surface area contributed by atoms with E-state index in [0.717, 1.165) is 38.4 Å². The van der Waals surface area contributed by atoms with Gasteiger partial charge in [-0.1, -0.05) is 27.7 Å². The van der Waals surface area contributed by atoms with Gasteiger partial charge in [-0.05, 0) is 37.8 Å². The van der Waals surface area contributed by atoms with E-state index in [0.29, 0.717) is 18.5 Å². The van der Waals surface area contributed by atoms with E-state index in [9.17, 15) is 4.79 Å². The summed E-state index contributed by atoms with van der Waals surface area (Å²) in [7, 11) is 0. The zero-order valence-corrected chi connectivity index (χ0v) is 13.0. The molecule has 1 aliphatic heterocycles. The molecule has 1 fully saturated rings. The van der Waals surface area contributed by atoms with Gasteiger partial charge in [-0.25, -0.2) is 0 Å². The first-order valence-corrected chi connectivity index (χ1v) is 7.69. The van der Waals surface area contributed by atoms with E-state index in [2.05, 4.69) is 43.2 Å². The molecule has 0 radical (unpaired) electrons. The SMILES string of the molecule is CC(C)CNC(=O)CNC1CCN(CC(C)C)CC1. The van der Waals surface area contributed by atoms with Crippen LogP contribution in [0.2, 0.25) is 0 Å². The van der Waals surface area contributed by atoms with Crippen molar-refractivity contribution in [3.05, 3.63) is 0 Å². The van der Waals surface area contributed by atoms with Crippen LogP contribution in [0.1, 0.15) is 40.5 Å². The quantitative estimate of drug-likeness (QED) is 0.735. The molecular weight excluding hydrogens is 238 g/mol. The third kappa shape index (κ3) is 7.53. The molecule has 0 spiro atoms. The molecule has 0 aromatic rings. The fourth-order valence-electron chi connectivity index (χ4n) is 2.45. The lowest BCUT2D eigenvalue weighted by Gasteiger charge is -2.33. The normalized spacial score (nSPS) is 18.2. The van der Waals surface area contributed by atoms with E-state index in [-0.39, 0.29) is 5.91 Å². The van der Waals surface area contributed by atoms with Gasteiger partial charge in [0.25, 0.3) is 0 Å². The van der Waals surface area contributed by atoms with Crippen LogP contribution in [0.4, 0.5) is 0 Å². The Kier molecular flexibility index (Phi) is 7.39. The molecule has 0 unspecified atom stereocenters. The minimum atomic E-state index is 0.123. The number of carbonyl (C=O) groups is 1. The zero-order chi connectivity index (χ0) is 14.3. The second kappa shape index (κ2) is 8.54. The van der Waals surface area contributed by atoms with Crippen molar-refractivity contribution in [2.45, 2.75) is 46.6 Å². The number of nitrogens with one attached hydrogen (secondary N) is 2. The molecule has 0 atom stereocenters. The van der Waals surface area contributed by atoms with Crippen molar-refractivity contribution in [1.82, 2.24) is 15.5 Å². The van der Waals surface area contributed by atoms with Crippen molar-refractivity contribution in [3.63, 3.8) is 0 Å². The first kappa shape index (κ1) is 16.4. The highest BCUT2D eigenvalue weighted by atomic mass is 16.1. The van der Waals surface area contributed by atoms with E-state index >= 15 is 0 Å². The predicted octanol–water partition coefficient (Wildman–Crippen LogP) is 1.47. The van der Waals surface area contributed by atoms with Gasteiger partial charge in [0.15, 0.2) is 0 Å². The van der Waals surface area contributed by atoms with E-state index in [1.165, 1.54) is 6.54 Å². The van der Waals surface area contributed by atoms with Crippen LogP contribution in [0, 0.1) is 11.8 Å². The molecule has 1 rings (SSSR count). The molecule has 0 saturated carbocycles. The largest absolute Gasteiger partial charge is 0.355 e. The first-order chi connectivity index (χ1) is 8.97. The number of likely N-dealkylation sites (tertiary alicyclic amines) is 1. The van der Waals surface area contributed by atoms with Crippen LogP contribution in [-0.2, 0) is 4.79 Å². The molecule has 0 bridgehead atoms. The summed E-state index contributed by atoms with van der Waals surface area (Å²) in [5.41, 5.74) is 0. The second-order valence-corrected chi connectivity index (χ2v) is 6.55. The summed E-state index contributed by atoms with van der Waals surface area (Å²) in [6.45, 7) is 13.5. The van der Waals surface area contributed by atoms with Crippen LogP contribution < -0.4 is 10.6 Å². The average molecular weight is 269 g/mol. The molecule has 1 amide bonds. The van der Waals surface area contributed by atoms with Crippen molar-refractivity contribution >= 4 is 5.91 Å². The fraction of sp³-hybridized carbons (Fsp3) is 0.933. The maximum atomic E-state index is 11.6. The third-order valence-corrected chi connectivity index (χ3v) is 3.47. The topological polar surface area (TPSA) is 44.4 Å². The Bertz CT molecular complexity index is 258. The lowest BCUT2D eigenvalue weighted by atomic mass is 10.0. The highest BCUT2D eigenvalue weighted by molar-refractivity contribution is 5.77. The molecular formula is C15H31N3O. The Balaban J connectivity index is 2.10. The number of hydrogen-bond acceptors (Lipinski definition) is 3. The fourth-order valence-corrected chi connectivity index (χ4v) is 2.45. The summed E-state index contributed by atoms with van der Waals surface area (Å²) in [6.07, 6.45) is 2.31. The van der Waals surface area contributed by atoms with Gasteiger partial charge < -0.3 is 15.5 Å². The Morgan fingerprint density at radius 1 is 1.16 bits per heavy atom. The van der Waals surface area contributed by atoms with Crippen molar-refractivity contribution in [2.75, 3.05) is 32.7 Å². The summed E-state index contributed by atoms with van der Waals surface area (Å²) in [5.74, 6) is 1.38. The van der Waals surface area contributed by atoms with Crippen molar-refractivity contribution in [2.24, 2.45) is 11.8 Å². The Morgan fingerprint density at radius 2 is 1.79 bits per heavy atom. The summed E-state index contributed by atoms with van der Waals surface area (Å²) in [4.78, 5) is 14.1. The van der Waals surface area contributed by atoms with Gasteiger partial charge in [-0.3, -0.25) is 4.79 Å². The van der Waals surface area contributed by atoms with Crippen LogP contribution >= 0.6 is 0 Å². The highest BCUT2D eigenvalue weighted by Gasteiger charge is 2.19. The molecule has 4 nitrogen and oxygen atoms in total.